The molecule has 0 aliphatic heterocycles. The van der Waals surface area contributed by atoms with Crippen LogP contribution in [0.25, 0.3) is 0 Å². The van der Waals surface area contributed by atoms with Crippen molar-refractivity contribution in [3.8, 4) is 5.75 Å². The van der Waals surface area contributed by atoms with Crippen LogP contribution in [0.15, 0.2) is 24.3 Å². The van der Waals surface area contributed by atoms with Gasteiger partial charge in [-0.15, -0.1) is 0 Å². The predicted molar refractivity (Wildman–Crippen MR) is 52.8 cm³/mol. The first-order chi connectivity index (χ1) is 6.11. The molecule has 13 heavy (non-hydrogen) atoms. The van der Waals surface area contributed by atoms with Crippen molar-refractivity contribution in [1.29, 1.82) is 0 Å². The summed E-state index contributed by atoms with van der Waals surface area (Å²) in [4.78, 5) is 0. The van der Waals surface area contributed by atoms with Gasteiger partial charge in [-0.3, -0.25) is 0 Å². The minimum Gasteiger partial charge on any atom is -0.496 e. The van der Waals surface area contributed by atoms with Crippen LogP contribution in [-0.4, -0.2) is 19.3 Å². The molecule has 0 heterocycles. The Morgan fingerprint density at radius 2 is 1.92 bits per heavy atom. The Bertz CT molecular complexity index is 286. The van der Waals surface area contributed by atoms with Crippen molar-refractivity contribution >= 4 is 15.9 Å². The summed E-state index contributed by atoms with van der Waals surface area (Å²) < 4.78 is 8.44. The Balaban J connectivity index is 3.12. The Morgan fingerprint density at radius 3 is 2.46 bits per heavy atom. The van der Waals surface area contributed by atoms with E-state index < -0.39 is 4.70 Å². The highest BCUT2D eigenvalue weighted by Gasteiger charge is 2.28. The Labute approximate surface area is 85.4 Å². The number of hydrogen-bond donors (Lipinski definition) is 1. The number of rotatable bonds is 3. The second kappa shape index (κ2) is 4.09. The smallest absolute Gasteiger partial charge is 0.254 e. The summed E-state index contributed by atoms with van der Waals surface area (Å²) in [5.74, 6) is 0.573. The lowest BCUT2D eigenvalue weighted by molar-refractivity contribution is -0.107. The zero-order valence-electron chi connectivity index (χ0n) is 7.45. The molecule has 0 spiro atoms. The molecule has 1 rings (SSSR count). The van der Waals surface area contributed by atoms with Crippen molar-refractivity contribution < 1.29 is 14.6 Å². The molecule has 0 saturated carbocycles. The fourth-order valence-corrected chi connectivity index (χ4v) is 1.34. The monoisotopic (exact) mass is 246 g/mol. The highest BCUT2D eigenvalue weighted by atomic mass is 79.9. The quantitative estimate of drug-likeness (QED) is 0.654. The molecule has 0 fully saturated rings. The van der Waals surface area contributed by atoms with Gasteiger partial charge in [-0.1, -0.05) is 12.1 Å². The van der Waals surface area contributed by atoms with Crippen LogP contribution in [0.1, 0.15) is 5.56 Å². The molecule has 0 bridgehead atoms. The van der Waals surface area contributed by atoms with E-state index in [0.717, 1.165) is 0 Å². The van der Waals surface area contributed by atoms with Crippen LogP contribution in [0.2, 0.25) is 0 Å². The Hall–Kier alpha value is -0.580. The second-order valence-electron chi connectivity index (χ2n) is 2.47. The lowest BCUT2D eigenvalue weighted by atomic mass is 10.2. The Kier molecular flexibility index (Phi) is 3.30. The molecular formula is C9H11BrO3. The predicted octanol–water partition coefficient (Wildman–Crippen LogP) is 1.84. The summed E-state index contributed by atoms with van der Waals surface area (Å²) in [6.45, 7) is 0. The van der Waals surface area contributed by atoms with Gasteiger partial charge in [0.15, 0.2) is 0 Å². The third kappa shape index (κ3) is 2.21. The van der Waals surface area contributed by atoms with E-state index >= 15 is 0 Å². The molecule has 1 atom stereocenters. The highest BCUT2D eigenvalue weighted by molar-refractivity contribution is 9.09. The van der Waals surface area contributed by atoms with Crippen LogP contribution in [0.4, 0.5) is 0 Å². The fourth-order valence-electron chi connectivity index (χ4n) is 1.01. The molecule has 3 nitrogen and oxygen atoms in total. The number of halogens is 1. The number of para-hydroxylation sites is 1. The maximum Gasteiger partial charge on any atom is 0.254 e. The summed E-state index contributed by atoms with van der Waals surface area (Å²) in [7, 11) is 2.94. The first kappa shape index (κ1) is 10.5. The minimum absolute atomic E-state index is 0.542. The molecule has 1 unspecified atom stereocenters. The van der Waals surface area contributed by atoms with Gasteiger partial charge in [-0.25, -0.2) is 0 Å². The molecular weight excluding hydrogens is 236 g/mol. The van der Waals surface area contributed by atoms with Crippen LogP contribution in [-0.2, 0) is 9.43 Å². The topological polar surface area (TPSA) is 38.7 Å². The van der Waals surface area contributed by atoms with Crippen LogP contribution in [0.3, 0.4) is 0 Å². The van der Waals surface area contributed by atoms with Gasteiger partial charge in [0, 0.05) is 7.11 Å². The van der Waals surface area contributed by atoms with Crippen molar-refractivity contribution in [3.63, 3.8) is 0 Å². The molecule has 0 aliphatic rings. The van der Waals surface area contributed by atoms with Gasteiger partial charge < -0.3 is 14.6 Å². The lowest BCUT2D eigenvalue weighted by Gasteiger charge is -2.21. The van der Waals surface area contributed by atoms with Gasteiger partial charge in [0.05, 0.1) is 12.7 Å². The van der Waals surface area contributed by atoms with Gasteiger partial charge in [0.2, 0.25) is 0 Å². The summed E-state index contributed by atoms with van der Waals surface area (Å²) in [5, 5.41) is 9.72. The summed E-state index contributed by atoms with van der Waals surface area (Å²) >= 11 is 3.03. The van der Waals surface area contributed by atoms with Crippen LogP contribution in [0, 0.1) is 0 Å². The molecule has 4 heteroatoms. The van der Waals surface area contributed by atoms with Crippen molar-refractivity contribution in [2.45, 2.75) is 4.70 Å². The third-order valence-corrected chi connectivity index (χ3v) is 2.46. The van der Waals surface area contributed by atoms with E-state index in [4.69, 9.17) is 9.47 Å². The fraction of sp³-hybridized carbons (Fsp3) is 0.333. The summed E-state index contributed by atoms with van der Waals surface area (Å²) in [6, 6.07) is 7.09. The molecule has 0 aromatic heterocycles. The van der Waals surface area contributed by atoms with Crippen molar-refractivity contribution in [3.05, 3.63) is 29.8 Å². The highest BCUT2D eigenvalue weighted by Crippen LogP contribution is 2.34. The van der Waals surface area contributed by atoms with E-state index in [9.17, 15) is 5.11 Å². The maximum absolute atomic E-state index is 9.72. The zero-order valence-corrected chi connectivity index (χ0v) is 9.04. The maximum atomic E-state index is 9.72. The summed E-state index contributed by atoms with van der Waals surface area (Å²) in [5.41, 5.74) is 0.542. The molecule has 0 saturated heterocycles. The van der Waals surface area contributed by atoms with Crippen molar-refractivity contribution in [1.82, 2.24) is 0 Å². The number of methoxy groups -OCH3 is 2. The third-order valence-electron chi connectivity index (χ3n) is 1.71. The molecule has 0 radical (unpaired) electrons. The minimum atomic E-state index is -1.49. The first-order valence-electron chi connectivity index (χ1n) is 3.71. The average Bonchev–Trinajstić information content (AvgIpc) is 2.18. The number of aliphatic hydroxyl groups is 1. The van der Waals surface area contributed by atoms with Gasteiger partial charge in [0.25, 0.3) is 4.70 Å². The number of hydrogen-bond acceptors (Lipinski definition) is 3. The largest absolute Gasteiger partial charge is 0.496 e. The van der Waals surface area contributed by atoms with E-state index in [0.29, 0.717) is 11.3 Å². The van der Waals surface area contributed by atoms with E-state index in [1.807, 2.05) is 6.07 Å². The van der Waals surface area contributed by atoms with E-state index in [-0.39, 0.29) is 0 Å². The normalized spacial score (nSPS) is 15.1. The van der Waals surface area contributed by atoms with Crippen LogP contribution in [0.5, 0.6) is 5.75 Å². The zero-order chi connectivity index (χ0) is 9.90. The molecule has 1 aromatic carbocycles. The average molecular weight is 247 g/mol. The molecule has 72 valence electrons. The molecule has 1 N–H and O–H groups in total. The van der Waals surface area contributed by atoms with E-state index in [2.05, 4.69) is 15.9 Å². The second-order valence-corrected chi connectivity index (χ2v) is 3.54. The van der Waals surface area contributed by atoms with Crippen LogP contribution < -0.4 is 4.74 Å². The van der Waals surface area contributed by atoms with Gasteiger partial charge in [0.1, 0.15) is 5.75 Å². The van der Waals surface area contributed by atoms with E-state index in [1.165, 1.54) is 14.2 Å². The van der Waals surface area contributed by atoms with Gasteiger partial charge >= 0.3 is 0 Å². The molecule has 1 aromatic rings. The first-order valence-corrected chi connectivity index (χ1v) is 4.51. The molecule has 0 amide bonds. The Morgan fingerprint density at radius 1 is 1.31 bits per heavy atom. The van der Waals surface area contributed by atoms with Gasteiger partial charge in [-0.05, 0) is 28.1 Å². The number of alkyl halides is 1. The standard InChI is InChI=1S/C9H11BrO3/c1-12-8-6-4-3-5-7(8)9(10,11)13-2/h3-6,11H,1-2H3. The van der Waals surface area contributed by atoms with Crippen molar-refractivity contribution in [2.24, 2.45) is 0 Å². The summed E-state index contributed by atoms with van der Waals surface area (Å²) in [6.07, 6.45) is 0. The van der Waals surface area contributed by atoms with Crippen molar-refractivity contribution in [2.75, 3.05) is 14.2 Å². The molecule has 0 aliphatic carbocycles. The van der Waals surface area contributed by atoms with E-state index in [1.54, 1.807) is 18.2 Å². The van der Waals surface area contributed by atoms with Crippen LogP contribution >= 0.6 is 15.9 Å². The lowest BCUT2D eigenvalue weighted by Crippen LogP contribution is -2.20. The number of benzene rings is 1. The van der Waals surface area contributed by atoms with Gasteiger partial charge in [-0.2, -0.15) is 0 Å². The number of ether oxygens (including phenoxy) is 2. The SMILES string of the molecule is COc1ccccc1C(O)(Br)OC.